The number of aliphatic hydroxyl groups is 1. The predicted octanol–water partition coefficient (Wildman–Crippen LogP) is 3.72. The van der Waals surface area contributed by atoms with Crippen LogP contribution in [0, 0.1) is 25.7 Å². The van der Waals surface area contributed by atoms with Crippen LogP contribution in [0.3, 0.4) is 0 Å². The zero-order valence-electron chi connectivity index (χ0n) is 12.4. The first-order valence-corrected chi connectivity index (χ1v) is 7.93. The highest BCUT2D eigenvalue weighted by atomic mass is 32.2. The number of benzene rings is 1. The van der Waals surface area contributed by atoms with Crippen LogP contribution in [0.25, 0.3) is 0 Å². The molecule has 3 heteroatoms. The molecule has 0 aliphatic carbocycles. The summed E-state index contributed by atoms with van der Waals surface area (Å²) < 4.78 is 0. The molecule has 0 atom stereocenters. The van der Waals surface area contributed by atoms with Gasteiger partial charge in [-0.1, -0.05) is 30.0 Å². The molecule has 0 spiro atoms. The Bertz CT molecular complexity index is 650. The molecule has 2 rings (SSSR count). The molecule has 1 aromatic carbocycles. The molecule has 1 heterocycles. The van der Waals surface area contributed by atoms with E-state index in [1.54, 1.807) is 11.8 Å². The normalized spacial score (nSPS) is 10.0. The summed E-state index contributed by atoms with van der Waals surface area (Å²) in [5.74, 6) is 6.96. The van der Waals surface area contributed by atoms with Crippen LogP contribution in [0.5, 0.6) is 0 Å². The number of hydrogen-bond acceptors (Lipinski definition) is 3. The van der Waals surface area contributed by atoms with E-state index in [2.05, 4.69) is 41.9 Å². The zero-order chi connectivity index (χ0) is 15.1. The van der Waals surface area contributed by atoms with Crippen LogP contribution in [-0.2, 0) is 5.75 Å². The molecule has 1 N–H and O–H groups in total. The van der Waals surface area contributed by atoms with Gasteiger partial charge in [0.05, 0.1) is 11.6 Å². The third-order valence-corrected chi connectivity index (χ3v) is 3.89. The molecule has 0 saturated heterocycles. The van der Waals surface area contributed by atoms with Gasteiger partial charge in [0, 0.05) is 23.4 Å². The van der Waals surface area contributed by atoms with Crippen molar-refractivity contribution in [2.24, 2.45) is 0 Å². The van der Waals surface area contributed by atoms with E-state index in [4.69, 9.17) is 5.11 Å². The molecular formula is C18H19NOS. The number of thioether (sulfide) groups is 1. The number of hydrogen-bond donors (Lipinski definition) is 1. The number of rotatable bonds is 4. The second-order valence-electron chi connectivity index (χ2n) is 4.85. The fourth-order valence-corrected chi connectivity index (χ4v) is 3.04. The minimum Gasteiger partial charge on any atom is -0.395 e. The molecule has 2 nitrogen and oxygen atoms in total. The topological polar surface area (TPSA) is 33.1 Å². The van der Waals surface area contributed by atoms with Crippen LogP contribution >= 0.6 is 11.8 Å². The zero-order valence-corrected chi connectivity index (χ0v) is 13.2. The van der Waals surface area contributed by atoms with E-state index in [-0.39, 0.29) is 6.61 Å². The molecule has 0 aliphatic heterocycles. The highest BCUT2D eigenvalue weighted by Gasteiger charge is 2.03. The molecule has 21 heavy (non-hydrogen) atoms. The maximum atomic E-state index is 8.80. The Labute approximate surface area is 130 Å². The average molecular weight is 297 g/mol. The molecular weight excluding hydrogens is 278 g/mol. The minimum absolute atomic E-state index is 0.108. The Hall–Kier alpha value is -1.76. The van der Waals surface area contributed by atoms with Crippen LogP contribution in [0.2, 0.25) is 0 Å². The maximum Gasteiger partial charge on any atom is 0.0968 e. The van der Waals surface area contributed by atoms with Gasteiger partial charge in [-0.3, -0.25) is 0 Å². The summed E-state index contributed by atoms with van der Waals surface area (Å²) in [5, 5.41) is 9.85. The van der Waals surface area contributed by atoms with Crippen molar-refractivity contribution in [2.45, 2.75) is 31.0 Å². The largest absolute Gasteiger partial charge is 0.395 e. The average Bonchev–Trinajstić information content (AvgIpc) is 2.45. The summed E-state index contributed by atoms with van der Waals surface area (Å²) in [6, 6.07) is 12.3. The monoisotopic (exact) mass is 297 g/mol. The van der Waals surface area contributed by atoms with Gasteiger partial charge < -0.3 is 5.11 Å². The van der Waals surface area contributed by atoms with Crippen molar-refractivity contribution in [1.82, 2.24) is 4.98 Å². The second-order valence-corrected chi connectivity index (χ2v) is 5.84. The summed E-state index contributed by atoms with van der Waals surface area (Å²) in [4.78, 5) is 4.55. The van der Waals surface area contributed by atoms with E-state index in [0.717, 1.165) is 22.0 Å². The lowest BCUT2D eigenvalue weighted by Crippen LogP contribution is -1.90. The van der Waals surface area contributed by atoms with E-state index >= 15 is 0 Å². The van der Waals surface area contributed by atoms with Gasteiger partial charge in [0.2, 0.25) is 0 Å². The van der Waals surface area contributed by atoms with Crippen molar-refractivity contribution in [3.8, 4) is 11.8 Å². The maximum absolute atomic E-state index is 8.80. The number of aromatic nitrogens is 1. The molecule has 108 valence electrons. The first kappa shape index (κ1) is 15.6. The quantitative estimate of drug-likeness (QED) is 0.689. The summed E-state index contributed by atoms with van der Waals surface area (Å²) in [5.41, 5.74) is 4.52. The molecule has 0 fully saturated rings. The molecule has 0 unspecified atom stereocenters. The smallest absolute Gasteiger partial charge is 0.0968 e. The van der Waals surface area contributed by atoms with Crippen molar-refractivity contribution in [3.63, 3.8) is 0 Å². The Morgan fingerprint density at radius 1 is 1.19 bits per heavy atom. The number of nitrogens with zero attached hydrogens (tertiary/aromatic N) is 1. The summed E-state index contributed by atoms with van der Waals surface area (Å²) in [7, 11) is 0. The van der Waals surface area contributed by atoms with E-state index < -0.39 is 0 Å². The molecule has 0 radical (unpaired) electrons. The van der Waals surface area contributed by atoms with Gasteiger partial charge in [0.25, 0.3) is 0 Å². The lowest BCUT2D eigenvalue weighted by molar-refractivity contribution is 0.305. The molecule has 1 aromatic heterocycles. The Balaban J connectivity index is 2.11. The van der Waals surface area contributed by atoms with Gasteiger partial charge in [-0.25, -0.2) is 4.98 Å². The van der Waals surface area contributed by atoms with Gasteiger partial charge in [-0.2, -0.15) is 0 Å². The van der Waals surface area contributed by atoms with Gasteiger partial charge >= 0.3 is 0 Å². The Kier molecular flexibility index (Phi) is 5.86. The lowest BCUT2D eigenvalue weighted by atomic mass is 10.1. The lowest BCUT2D eigenvalue weighted by Gasteiger charge is -2.06. The third kappa shape index (κ3) is 4.93. The summed E-state index contributed by atoms with van der Waals surface area (Å²) in [6.45, 7) is 4.22. The van der Waals surface area contributed by atoms with Crippen LogP contribution in [0.1, 0.15) is 28.8 Å². The van der Waals surface area contributed by atoms with E-state index in [9.17, 15) is 0 Å². The first-order chi connectivity index (χ1) is 10.2. The van der Waals surface area contributed by atoms with E-state index in [1.807, 2.05) is 25.1 Å². The third-order valence-electron chi connectivity index (χ3n) is 2.93. The van der Waals surface area contributed by atoms with Crippen LogP contribution in [-0.4, -0.2) is 16.7 Å². The van der Waals surface area contributed by atoms with Gasteiger partial charge in [-0.15, -0.1) is 11.8 Å². The summed E-state index contributed by atoms with van der Waals surface area (Å²) in [6.07, 6.45) is 0.514. The minimum atomic E-state index is 0.108. The van der Waals surface area contributed by atoms with E-state index in [0.29, 0.717) is 6.42 Å². The van der Waals surface area contributed by atoms with Gasteiger partial charge in [0.15, 0.2) is 0 Å². The summed E-state index contributed by atoms with van der Waals surface area (Å²) >= 11 is 1.73. The Morgan fingerprint density at radius 2 is 2.00 bits per heavy atom. The van der Waals surface area contributed by atoms with Crippen molar-refractivity contribution in [2.75, 3.05) is 6.61 Å². The van der Waals surface area contributed by atoms with Crippen molar-refractivity contribution in [3.05, 3.63) is 58.8 Å². The SMILES string of the molecule is Cc1cc(C)nc(SCc2ccccc2C#CCCO)c1. The van der Waals surface area contributed by atoms with Crippen LogP contribution in [0.15, 0.2) is 41.4 Å². The molecule has 0 aliphatic rings. The number of pyridine rings is 1. The predicted molar refractivity (Wildman–Crippen MR) is 88.3 cm³/mol. The fraction of sp³-hybridized carbons (Fsp3) is 0.278. The van der Waals surface area contributed by atoms with Crippen molar-refractivity contribution >= 4 is 11.8 Å². The molecule has 0 bridgehead atoms. The fourth-order valence-electron chi connectivity index (χ4n) is 2.01. The number of aliphatic hydroxyl groups excluding tert-OH is 1. The molecule has 0 saturated carbocycles. The molecule has 2 aromatic rings. The van der Waals surface area contributed by atoms with Crippen LogP contribution in [0.4, 0.5) is 0 Å². The van der Waals surface area contributed by atoms with Crippen molar-refractivity contribution < 1.29 is 5.11 Å². The molecule has 0 amide bonds. The second kappa shape index (κ2) is 7.87. The van der Waals surface area contributed by atoms with Gasteiger partial charge in [0.1, 0.15) is 0 Å². The standard InChI is InChI=1S/C18H19NOS/c1-14-11-15(2)19-18(12-14)21-13-17-9-4-3-7-16(17)8-5-6-10-20/h3-4,7,9,11-12,20H,6,10,13H2,1-2H3. The Morgan fingerprint density at radius 3 is 2.76 bits per heavy atom. The highest BCUT2D eigenvalue weighted by molar-refractivity contribution is 7.98. The highest BCUT2D eigenvalue weighted by Crippen LogP contribution is 2.23. The van der Waals surface area contributed by atoms with Gasteiger partial charge in [-0.05, 0) is 43.2 Å². The first-order valence-electron chi connectivity index (χ1n) is 6.95. The van der Waals surface area contributed by atoms with E-state index in [1.165, 1.54) is 11.1 Å². The number of aryl methyl sites for hydroxylation is 2. The van der Waals surface area contributed by atoms with Crippen molar-refractivity contribution in [1.29, 1.82) is 0 Å². The van der Waals surface area contributed by atoms with Crippen LogP contribution < -0.4 is 0 Å².